The minimum atomic E-state index is -0.200. The van der Waals surface area contributed by atoms with Crippen molar-refractivity contribution in [3.05, 3.63) is 9.78 Å². The molecule has 0 unspecified atom stereocenters. The number of allylic oxidation sites excluding steroid dienone is 1. The van der Waals surface area contributed by atoms with E-state index in [0.717, 1.165) is 5.70 Å². The molecule has 0 aromatic heterocycles. The Morgan fingerprint density at radius 1 is 1.78 bits per heavy atom. The van der Waals surface area contributed by atoms with E-state index in [-0.39, 0.29) is 27.6 Å². The first-order chi connectivity index (χ1) is 4.33. The van der Waals surface area contributed by atoms with Crippen molar-refractivity contribution in [2.45, 2.75) is 6.92 Å². The SMILES string of the molecule is CC1=CI=NC(CO)=N1. The first-order valence-electron chi connectivity index (χ1n) is 2.52. The lowest BCUT2D eigenvalue weighted by Crippen LogP contribution is -1.99. The van der Waals surface area contributed by atoms with Gasteiger partial charge in [0.2, 0.25) is 0 Å². The van der Waals surface area contributed by atoms with Crippen molar-refractivity contribution < 1.29 is 5.11 Å². The summed E-state index contributed by atoms with van der Waals surface area (Å²) in [6, 6.07) is 0. The zero-order valence-corrected chi connectivity index (χ0v) is 7.16. The van der Waals surface area contributed by atoms with Gasteiger partial charge in [-0.05, 0) is 6.92 Å². The van der Waals surface area contributed by atoms with Crippen LogP contribution in [0, 0.1) is 0 Å². The van der Waals surface area contributed by atoms with Gasteiger partial charge < -0.3 is 5.11 Å². The van der Waals surface area contributed by atoms with Gasteiger partial charge in [0.15, 0.2) is 5.84 Å². The third-order valence-electron chi connectivity index (χ3n) is 0.800. The highest BCUT2D eigenvalue weighted by molar-refractivity contribution is 14.2. The molecule has 0 amide bonds. The zero-order chi connectivity index (χ0) is 6.69. The molecule has 1 aliphatic heterocycles. The molecule has 1 heterocycles. The molecule has 0 saturated heterocycles. The third kappa shape index (κ3) is 1.94. The minimum Gasteiger partial charge on any atom is -0.388 e. The van der Waals surface area contributed by atoms with Crippen LogP contribution < -0.4 is 0 Å². The Bertz CT molecular complexity index is 195. The molecule has 0 atom stereocenters. The van der Waals surface area contributed by atoms with Crippen molar-refractivity contribution in [2.75, 3.05) is 6.61 Å². The van der Waals surface area contributed by atoms with Crippen molar-refractivity contribution in [1.82, 2.24) is 0 Å². The highest BCUT2D eigenvalue weighted by atomic mass is 127. The van der Waals surface area contributed by atoms with Crippen LogP contribution >= 0.6 is 21.0 Å². The second-order valence-corrected chi connectivity index (χ2v) is 3.28. The molecule has 0 aromatic rings. The van der Waals surface area contributed by atoms with E-state index in [9.17, 15) is 0 Å². The Kier molecular flexibility index (Phi) is 2.47. The van der Waals surface area contributed by atoms with Crippen LogP contribution in [-0.2, 0) is 0 Å². The number of aliphatic hydroxyl groups is 1. The summed E-state index contributed by atoms with van der Waals surface area (Å²) in [5, 5.41) is 8.57. The maximum Gasteiger partial charge on any atom is 0.160 e. The minimum absolute atomic E-state index is 0.0229. The van der Waals surface area contributed by atoms with E-state index in [1.807, 2.05) is 11.0 Å². The van der Waals surface area contributed by atoms with Gasteiger partial charge >= 0.3 is 0 Å². The van der Waals surface area contributed by atoms with E-state index in [0.29, 0.717) is 5.84 Å². The molecule has 4 heteroatoms. The predicted molar refractivity (Wildman–Crippen MR) is 44.7 cm³/mol. The Hall–Kier alpha value is -0.100. The van der Waals surface area contributed by atoms with Crippen molar-refractivity contribution in [3.63, 3.8) is 0 Å². The zero-order valence-electron chi connectivity index (χ0n) is 5.00. The van der Waals surface area contributed by atoms with Crippen molar-refractivity contribution in [2.24, 2.45) is 8.14 Å². The van der Waals surface area contributed by atoms with Crippen LogP contribution in [0.5, 0.6) is 0 Å². The van der Waals surface area contributed by atoms with Gasteiger partial charge in [0.1, 0.15) is 6.61 Å². The molecule has 0 spiro atoms. The molecule has 0 saturated carbocycles. The van der Waals surface area contributed by atoms with Crippen molar-refractivity contribution in [1.29, 1.82) is 0 Å². The fraction of sp³-hybridized carbons (Fsp3) is 0.400. The number of amidine groups is 1. The molecule has 1 aliphatic rings. The van der Waals surface area contributed by atoms with Crippen LogP contribution in [0.1, 0.15) is 6.92 Å². The Balaban J connectivity index is 2.78. The Morgan fingerprint density at radius 2 is 2.56 bits per heavy atom. The highest BCUT2D eigenvalue weighted by Crippen LogP contribution is 2.14. The van der Waals surface area contributed by atoms with Gasteiger partial charge in [0.25, 0.3) is 0 Å². The molecule has 0 fully saturated rings. The highest BCUT2D eigenvalue weighted by Gasteiger charge is 1.96. The normalized spacial score (nSPS) is 18.0. The van der Waals surface area contributed by atoms with Crippen LogP contribution in [-0.4, -0.2) is 17.5 Å². The summed E-state index contributed by atoms with van der Waals surface area (Å²) in [5.41, 5.74) is 0.988. The second-order valence-electron chi connectivity index (χ2n) is 1.62. The fourth-order valence-corrected chi connectivity index (χ4v) is 1.72. The average Bonchev–Trinajstić information content (AvgIpc) is 1.88. The van der Waals surface area contributed by atoms with E-state index in [1.165, 1.54) is 0 Å². The van der Waals surface area contributed by atoms with Crippen molar-refractivity contribution in [3.8, 4) is 0 Å². The van der Waals surface area contributed by atoms with Gasteiger partial charge in [-0.1, -0.05) is 0 Å². The van der Waals surface area contributed by atoms with Crippen molar-refractivity contribution >= 4 is 26.9 Å². The summed E-state index contributed by atoms with van der Waals surface area (Å²) >= 11 is -0.200. The predicted octanol–water partition coefficient (Wildman–Crippen LogP) is 1.41. The summed E-state index contributed by atoms with van der Waals surface area (Å²) in [5.74, 6) is 0.586. The van der Waals surface area contributed by atoms with Gasteiger partial charge in [-0.15, -0.1) is 0 Å². The first-order valence-corrected chi connectivity index (χ1v) is 4.73. The van der Waals surface area contributed by atoms with E-state index in [2.05, 4.69) is 8.14 Å². The van der Waals surface area contributed by atoms with Crippen LogP contribution in [0.3, 0.4) is 0 Å². The van der Waals surface area contributed by atoms with E-state index in [1.54, 1.807) is 0 Å². The van der Waals surface area contributed by atoms with Gasteiger partial charge in [-0.2, -0.15) is 0 Å². The molecule has 50 valence electrons. The molecule has 1 N–H and O–H groups in total. The molecule has 1 rings (SSSR count). The lowest BCUT2D eigenvalue weighted by atomic mass is 10.5. The largest absolute Gasteiger partial charge is 0.388 e. The quantitative estimate of drug-likeness (QED) is 0.689. The number of hydrogen-bond donors (Lipinski definition) is 1. The smallest absolute Gasteiger partial charge is 0.160 e. The van der Waals surface area contributed by atoms with E-state index >= 15 is 0 Å². The number of aliphatic imine (C=N–C) groups is 1. The van der Waals surface area contributed by atoms with E-state index in [4.69, 9.17) is 5.11 Å². The first kappa shape index (κ1) is 7.01. The Labute approximate surface area is 63.7 Å². The molecule has 3 nitrogen and oxygen atoms in total. The fourth-order valence-electron chi connectivity index (χ4n) is 0.460. The maximum atomic E-state index is 8.57. The Morgan fingerprint density at radius 3 is 3.00 bits per heavy atom. The number of rotatable bonds is 1. The summed E-state index contributed by atoms with van der Waals surface area (Å²) in [6.45, 7) is 1.90. The molecule has 0 radical (unpaired) electrons. The monoisotopic (exact) mass is 238 g/mol. The lowest BCUT2D eigenvalue weighted by Gasteiger charge is -1.98. The summed E-state index contributed by atoms with van der Waals surface area (Å²) in [6.07, 6.45) is 0. The number of halogens is 1. The summed E-state index contributed by atoms with van der Waals surface area (Å²) in [7, 11) is 0. The number of nitrogens with zero attached hydrogens (tertiary/aromatic N) is 2. The standard InChI is InChI=1S/C5H7IN2O/c1-4-2-6-8-5(3-9)7-4/h2,9H,3H2,1H3. The average molecular weight is 238 g/mol. The van der Waals surface area contributed by atoms with Crippen LogP contribution in [0.2, 0.25) is 0 Å². The molecule has 9 heavy (non-hydrogen) atoms. The van der Waals surface area contributed by atoms with Gasteiger partial charge in [0.05, 0.1) is 0 Å². The molecular weight excluding hydrogens is 231 g/mol. The third-order valence-corrected chi connectivity index (χ3v) is 2.82. The number of aliphatic hydroxyl groups excluding tert-OH is 1. The molecule has 0 aromatic carbocycles. The maximum absolute atomic E-state index is 8.57. The van der Waals surface area contributed by atoms with Gasteiger partial charge in [-0.3, -0.25) is 0 Å². The number of hydrogen-bond acceptors (Lipinski definition) is 3. The van der Waals surface area contributed by atoms with Crippen LogP contribution in [0.25, 0.3) is 0 Å². The topological polar surface area (TPSA) is 45.0 Å². The second kappa shape index (κ2) is 3.17. The van der Waals surface area contributed by atoms with Gasteiger partial charge in [-0.25, -0.2) is 8.14 Å². The summed E-state index contributed by atoms with van der Waals surface area (Å²) in [4.78, 5) is 3.99. The van der Waals surface area contributed by atoms with Crippen LogP contribution in [0.15, 0.2) is 17.9 Å². The molecular formula is C5H7IN2O. The van der Waals surface area contributed by atoms with Gasteiger partial charge in [0, 0.05) is 30.8 Å². The summed E-state index contributed by atoms with van der Waals surface area (Å²) < 4.78 is 6.06. The van der Waals surface area contributed by atoms with Crippen LogP contribution in [0.4, 0.5) is 0 Å². The molecule has 0 aliphatic carbocycles. The molecule has 0 bridgehead atoms. The lowest BCUT2D eigenvalue weighted by molar-refractivity contribution is 0.356. The van der Waals surface area contributed by atoms with E-state index < -0.39 is 0 Å².